The molecule has 0 saturated heterocycles. The molecule has 2 nitrogen and oxygen atoms in total. The van der Waals surface area contributed by atoms with Crippen LogP contribution in [0.1, 0.15) is 46.5 Å². The zero-order valence-corrected chi connectivity index (χ0v) is 10.1. The number of nitrogens with one attached hydrogen (secondary N) is 1. The Hall–Kier alpha value is -0.0800. The summed E-state index contributed by atoms with van der Waals surface area (Å²) in [5, 5.41) is 3.43. The second-order valence-corrected chi connectivity index (χ2v) is 4.27. The molecule has 0 rings (SSSR count). The predicted molar refractivity (Wildman–Crippen MR) is 62.7 cm³/mol. The third-order valence-electron chi connectivity index (χ3n) is 2.09. The van der Waals surface area contributed by atoms with E-state index < -0.39 is 0 Å². The molecule has 0 saturated carbocycles. The molecule has 0 heterocycles. The van der Waals surface area contributed by atoms with E-state index in [0.717, 1.165) is 32.2 Å². The zero-order chi connectivity index (χ0) is 10.6. The molecule has 1 N–H and O–H groups in total. The van der Waals surface area contributed by atoms with Crippen molar-refractivity contribution in [3.05, 3.63) is 0 Å². The first kappa shape index (κ1) is 13.9. The lowest BCUT2D eigenvalue weighted by atomic mass is 10.2. The normalized spacial score (nSPS) is 11.1. The van der Waals surface area contributed by atoms with Crippen molar-refractivity contribution in [1.29, 1.82) is 0 Å². The fourth-order valence-electron chi connectivity index (χ4n) is 1.19. The van der Waals surface area contributed by atoms with E-state index in [0.29, 0.717) is 0 Å². The van der Waals surface area contributed by atoms with Gasteiger partial charge in [0.25, 0.3) is 0 Å². The molecule has 0 aromatic rings. The van der Waals surface area contributed by atoms with Gasteiger partial charge in [0.2, 0.25) is 0 Å². The smallest absolute Gasteiger partial charge is 0.0466 e. The molecule has 0 aliphatic heterocycles. The van der Waals surface area contributed by atoms with Crippen molar-refractivity contribution in [3.8, 4) is 0 Å². The van der Waals surface area contributed by atoms with E-state index in [1.807, 2.05) is 0 Å². The van der Waals surface area contributed by atoms with Gasteiger partial charge in [-0.3, -0.25) is 0 Å². The van der Waals surface area contributed by atoms with Crippen molar-refractivity contribution < 1.29 is 4.74 Å². The first-order chi connectivity index (χ1) is 6.77. The van der Waals surface area contributed by atoms with Gasteiger partial charge < -0.3 is 10.1 Å². The Morgan fingerprint density at radius 1 is 1.07 bits per heavy atom. The van der Waals surface area contributed by atoms with Crippen LogP contribution >= 0.6 is 0 Å². The highest BCUT2D eigenvalue weighted by Crippen LogP contribution is 1.93. The van der Waals surface area contributed by atoms with Crippen molar-refractivity contribution in [2.45, 2.75) is 46.5 Å². The molecule has 2 heteroatoms. The molecule has 0 atom stereocenters. The van der Waals surface area contributed by atoms with Gasteiger partial charge >= 0.3 is 0 Å². The average Bonchev–Trinajstić information content (AvgIpc) is 2.15. The van der Waals surface area contributed by atoms with Crippen LogP contribution in [0.4, 0.5) is 0 Å². The van der Waals surface area contributed by atoms with Crippen molar-refractivity contribution >= 4 is 0 Å². The van der Waals surface area contributed by atoms with Crippen LogP contribution < -0.4 is 5.32 Å². The number of rotatable bonds is 10. The summed E-state index contributed by atoms with van der Waals surface area (Å²) >= 11 is 0. The predicted octanol–water partition coefficient (Wildman–Crippen LogP) is 2.83. The first-order valence-corrected chi connectivity index (χ1v) is 6.05. The van der Waals surface area contributed by atoms with E-state index in [2.05, 4.69) is 26.1 Å². The minimum Gasteiger partial charge on any atom is -0.381 e. The zero-order valence-electron chi connectivity index (χ0n) is 10.1. The van der Waals surface area contributed by atoms with Crippen LogP contribution in [0.25, 0.3) is 0 Å². The quantitative estimate of drug-likeness (QED) is 0.549. The fourth-order valence-corrected chi connectivity index (χ4v) is 1.19. The average molecular weight is 201 g/mol. The molecule has 14 heavy (non-hydrogen) atoms. The lowest BCUT2D eigenvalue weighted by molar-refractivity contribution is 0.127. The van der Waals surface area contributed by atoms with Crippen LogP contribution in [0.3, 0.4) is 0 Å². The molecule has 0 radical (unpaired) electrons. The van der Waals surface area contributed by atoms with Crippen molar-refractivity contribution in [2.75, 3.05) is 26.3 Å². The highest BCUT2D eigenvalue weighted by atomic mass is 16.5. The van der Waals surface area contributed by atoms with Crippen LogP contribution in [-0.2, 0) is 4.74 Å². The number of hydrogen-bond acceptors (Lipinski definition) is 2. The van der Waals surface area contributed by atoms with Crippen molar-refractivity contribution in [3.63, 3.8) is 0 Å². The van der Waals surface area contributed by atoms with Crippen LogP contribution in [-0.4, -0.2) is 26.3 Å². The van der Waals surface area contributed by atoms with Crippen LogP contribution in [0.15, 0.2) is 0 Å². The monoisotopic (exact) mass is 201 g/mol. The topological polar surface area (TPSA) is 21.3 Å². The summed E-state index contributed by atoms with van der Waals surface area (Å²) in [6.45, 7) is 10.8. The second-order valence-electron chi connectivity index (χ2n) is 4.27. The largest absolute Gasteiger partial charge is 0.381 e. The van der Waals surface area contributed by atoms with E-state index in [9.17, 15) is 0 Å². The van der Waals surface area contributed by atoms with Crippen LogP contribution in [0.5, 0.6) is 0 Å². The van der Waals surface area contributed by atoms with E-state index in [1.165, 1.54) is 25.7 Å². The summed E-state index contributed by atoms with van der Waals surface area (Å²) in [4.78, 5) is 0. The summed E-state index contributed by atoms with van der Waals surface area (Å²) < 4.78 is 5.47. The van der Waals surface area contributed by atoms with E-state index in [4.69, 9.17) is 4.74 Å². The Balaban J connectivity index is 2.85. The lowest BCUT2D eigenvalue weighted by Crippen LogP contribution is -2.20. The van der Waals surface area contributed by atoms with Crippen molar-refractivity contribution in [2.24, 2.45) is 5.92 Å². The Bertz CT molecular complexity index is 104. The standard InChI is InChI=1S/C12H27NO/c1-4-5-9-14-10-7-6-8-13-11-12(2)3/h12-13H,4-11H2,1-3H3. The van der Waals surface area contributed by atoms with Crippen LogP contribution in [0, 0.1) is 5.92 Å². The number of unbranched alkanes of at least 4 members (excludes halogenated alkanes) is 2. The summed E-state index contributed by atoms with van der Waals surface area (Å²) in [5.41, 5.74) is 0. The minimum absolute atomic E-state index is 0.760. The van der Waals surface area contributed by atoms with Gasteiger partial charge in [0.05, 0.1) is 0 Å². The molecule has 0 aromatic heterocycles. The number of hydrogen-bond donors (Lipinski definition) is 1. The molecule has 0 aromatic carbocycles. The minimum atomic E-state index is 0.760. The molecular formula is C12H27NO. The lowest BCUT2D eigenvalue weighted by Gasteiger charge is -2.07. The Morgan fingerprint density at radius 2 is 1.79 bits per heavy atom. The van der Waals surface area contributed by atoms with Gasteiger partial charge in [0.1, 0.15) is 0 Å². The molecule has 0 amide bonds. The summed E-state index contributed by atoms with van der Waals surface area (Å²) in [5.74, 6) is 0.760. The highest BCUT2D eigenvalue weighted by Gasteiger charge is 1.93. The van der Waals surface area contributed by atoms with Gasteiger partial charge in [-0.1, -0.05) is 27.2 Å². The molecule has 86 valence electrons. The SMILES string of the molecule is CCCCOCCCCNCC(C)C. The van der Waals surface area contributed by atoms with Crippen LogP contribution in [0.2, 0.25) is 0 Å². The number of ether oxygens (including phenoxy) is 1. The van der Waals surface area contributed by atoms with Gasteiger partial charge in [0, 0.05) is 13.2 Å². The molecular weight excluding hydrogens is 174 g/mol. The first-order valence-electron chi connectivity index (χ1n) is 6.05. The molecule has 0 bridgehead atoms. The van der Waals surface area contributed by atoms with Gasteiger partial charge in [-0.25, -0.2) is 0 Å². The van der Waals surface area contributed by atoms with E-state index in [-0.39, 0.29) is 0 Å². The third kappa shape index (κ3) is 11.9. The summed E-state index contributed by atoms with van der Waals surface area (Å²) in [7, 11) is 0. The highest BCUT2D eigenvalue weighted by molar-refractivity contribution is 4.51. The van der Waals surface area contributed by atoms with Crippen molar-refractivity contribution in [1.82, 2.24) is 5.32 Å². The maximum atomic E-state index is 5.47. The fraction of sp³-hybridized carbons (Fsp3) is 1.00. The van der Waals surface area contributed by atoms with Gasteiger partial charge in [-0.2, -0.15) is 0 Å². The molecule has 0 aliphatic rings. The molecule has 0 aliphatic carbocycles. The summed E-state index contributed by atoms with van der Waals surface area (Å²) in [6.07, 6.45) is 4.86. The van der Waals surface area contributed by atoms with Gasteiger partial charge in [-0.15, -0.1) is 0 Å². The van der Waals surface area contributed by atoms with Gasteiger partial charge in [0.15, 0.2) is 0 Å². The molecule has 0 fully saturated rings. The maximum absolute atomic E-state index is 5.47. The Labute approximate surface area is 89.4 Å². The molecule has 0 spiro atoms. The second kappa shape index (κ2) is 11.0. The van der Waals surface area contributed by atoms with E-state index >= 15 is 0 Å². The Kier molecular flexibility index (Phi) is 10.9. The third-order valence-corrected chi connectivity index (χ3v) is 2.09. The molecule has 0 unspecified atom stereocenters. The maximum Gasteiger partial charge on any atom is 0.0466 e. The Morgan fingerprint density at radius 3 is 2.43 bits per heavy atom. The van der Waals surface area contributed by atoms with E-state index in [1.54, 1.807) is 0 Å². The summed E-state index contributed by atoms with van der Waals surface area (Å²) in [6, 6.07) is 0. The van der Waals surface area contributed by atoms with Gasteiger partial charge in [-0.05, 0) is 38.3 Å².